The summed E-state index contributed by atoms with van der Waals surface area (Å²) in [4.78, 5) is 35.0. The lowest BCUT2D eigenvalue weighted by Gasteiger charge is -2.20. The molecule has 0 radical (unpaired) electrons. The lowest BCUT2D eigenvalue weighted by atomic mass is 10.1. The zero-order valence-corrected chi connectivity index (χ0v) is 35.8. The van der Waals surface area contributed by atoms with Crippen LogP contribution in [0.2, 0.25) is 0 Å². The van der Waals surface area contributed by atoms with Crippen molar-refractivity contribution < 1.29 is 47.8 Å². The minimum Gasteiger partial charge on any atom is -0.462 e. The summed E-state index contributed by atoms with van der Waals surface area (Å²) in [6.07, 6.45) is 41.0. The number of phosphoric acid groups is 1. The minimum absolute atomic E-state index is 0.168. The smallest absolute Gasteiger partial charge is 0.462 e. The van der Waals surface area contributed by atoms with E-state index < -0.39 is 51.8 Å². The van der Waals surface area contributed by atoms with Gasteiger partial charge in [0.2, 0.25) is 0 Å². The molecule has 3 unspecified atom stereocenters. The van der Waals surface area contributed by atoms with E-state index in [0.717, 1.165) is 70.6 Å². The molecule has 55 heavy (non-hydrogen) atoms. The van der Waals surface area contributed by atoms with Gasteiger partial charge in [0.1, 0.15) is 12.7 Å². The number of carbonyl (C=O) groups excluding carboxylic acids is 2. The maximum absolute atomic E-state index is 12.6. The Balaban J connectivity index is 4.31. The molecule has 0 aliphatic rings. The summed E-state index contributed by atoms with van der Waals surface area (Å²) in [5.74, 6) is -0.944. The van der Waals surface area contributed by atoms with Crippen LogP contribution in [0.1, 0.15) is 194 Å². The molecule has 11 heteroatoms. The second-order valence-electron chi connectivity index (χ2n) is 14.7. The fraction of sp³-hybridized carbons (Fsp3) is 0.818. The molecule has 3 atom stereocenters. The van der Waals surface area contributed by atoms with Gasteiger partial charge in [-0.3, -0.25) is 18.6 Å². The molecule has 0 aliphatic heterocycles. The van der Waals surface area contributed by atoms with Gasteiger partial charge in [0.25, 0.3) is 0 Å². The van der Waals surface area contributed by atoms with Gasteiger partial charge in [0.15, 0.2) is 6.10 Å². The molecule has 0 saturated carbocycles. The van der Waals surface area contributed by atoms with Crippen LogP contribution in [0.5, 0.6) is 0 Å². The van der Waals surface area contributed by atoms with E-state index in [0.29, 0.717) is 12.8 Å². The molecule has 0 fully saturated rings. The molecular formula is C44H81O10P. The van der Waals surface area contributed by atoms with Gasteiger partial charge < -0.3 is 24.6 Å². The van der Waals surface area contributed by atoms with Gasteiger partial charge in [-0.25, -0.2) is 4.57 Å². The van der Waals surface area contributed by atoms with Crippen LogP contribution in [0, 0.1) is 0 Å². The molecule has 322 valence electrons. The topological polar surface area (TPSA) is 149 Å². The van der Waals surface area contributed by atoms with E-state index in [1.807, 2.05) is 0 Å². The fourth-order valence-electron chi connectivity index (χ4n) is 5.84. The monoisotopic (exact) mass is 801 g/mol. The van der Waals surface area contributed by atoms with Crippen molar-refractivity contribution in [3.8, 4) is 0 Å². The molecule has 0 aromatic rings. The van der Waals surface area contributed by atoms with Crippen LogP contribution < -0.4 is 0 Å². The number of carbonyl (C=O) groups is 2. The van der Waals surface area contributed by atoms with Crippen molar-refractivity contribution in [3.05, 3.63) is 36.5 Å². The molecule has 10 nitrogen and oxygen atoms in total. The minimum atomic E-state index is -4.62. The molecular weight excluding hydrogens is 719 g/mol. The first-order chi connectivity index (χ1) is 26.7. The number of unbranched alkanes of at least 4 members (excludes halogenated alkanes) is 21. The van der Waals surface area contributed by atoms with Crippen molar-refractivity contribution in [2.24, 2.45) is 0 Å². The summed E-state index contributed by atoms with van der Waals surface area (Å²) in [5, 5.41) is 18.3. The van der Waals surface area contributed by atoms with Crippen LogP contribution in [0.15, 0.2) is 36.5 Å². The van der Waals surface area contributed by atoms with Crippen LogP contribution in [0.25, 0.3) is 0 Å². The SMILES string of the molecule is CCCCC/C=C\C/C=C\CCCCCCCC(=O)OC(COC(=O)CCCCCCCCC/C=C\CCCCCCCC)COP(=O)(O)OCC(O)CO. The Bertz CT molecular complexity index is 1010. The van der Waals surface area contributed by atoms with Gasteiger partial charge in [-0.05, 0) is 70.6 Å². The zero-order chi connectivity index (χ0) is 40.5. The van der Waals surface area contributed by atoms with Crippen LogP contribution >= 0.6 is 7.82 Å². The highest BCUT2D eigenvalue weighted by molar-refractivity contribution is 7.47. The maximum atomic E-state index is 12.6. The van der Waals surface area contributed by atoms with Gasteiger partial charge in [-0.1, -0.05) is 147 Å². The van der Waals surface area contributed by atoms with E-state index >= 15 is 0 Å². The van der Waals surface area contributed by atoms with Gasteiger partial charge >= 0.3 is 19.8 Å². The number of hydrogen-bond donors (Lipinski definition) is 3. The molecule has 0 aliphatic carbocycles. The summed E-state index contributed by atoms with van der Waals surface area (Å²) in [6.45, 7) is 2.33. The largest absolute Gasteiger partial charge is 0.472 e. The zero-order valence-electron chi connectivity index (χ0n) is 34.9. The van der Waals surface area contributed by atoms with Crippen LogP contribution in [0.4, 0.5) is 0 Å². The summed E-state index contributed by atoms with van der Waals surface area (Å²) < 4.78 is 32.7. The van der Waals surface area contributed by atoms with Crippen molar-refractivity contribution in [2.45, 2.75) is 206 Å². The Morgan fingerprint density at radius 3 is 1.45 bits per heavy atom. The number of hydrogen-bond acceptors (Lipinski definition) is 9. The van der Waals surface area contributed by atoms with Crippen molar-refractivity contribution in [3.63, 3.8) is 0 Å². The molecule has 0 saturated heterocycles. The predicted molar refractivity (Wildman–Crippen MR) is 224 cm³/mol. The number of aliphatic hydroxyl groups excluding tert-OH is 2. The second-order valence-corrected chi connectivity index (χ2v) is 16.2. The van der Waals surface area contributed by atoms with E-state index in [1.54, 1.807) is 0 Å². The molecule has 0 aromatic heterocycles. The number of ether oxygens (including phenoxy) is 2. The number of aliphatic hydroxyl groups is 2. The summed E-state index contributed by atoms with van der Waals surface area (Å²) in [6, 6.07) is 0. The number of rotatable bonds is 41. The van der Waals surface area contributed by atoms with E-state index in [4.69, 9.17) is 19.1 Å². The summed E-state index contributed by atoms with van der Waals surface area (Å²) in [7, 11) is -4.62. The first-order valence-corrected chi connectivity index (χ1v) is 23.4. The van der Waals surface area contributed by atoms with Crippen LogP contribution in [-0.2, 0) is 32.7 Å². The Morgan fingerprint density at radius 2 is 0.945 bits per heavy atom. The summed E-state index contributed by atoms with van der Waals surface area (Å²) in [5.41, 5.74) is 0. The summed E-state index contributed by atoms with van der Waals surface area (Å²) >= 11 is 0. The van der Waals surface area contributed by atoms with Crippen molar-refractivity contribution in [1.82, 2.24) is 0 Å². The quantitative estimate of drug-likeness (QED) is 0.0236. The maximum Gasteiger partial charge on any atom is 0.472 e. The van der Waals surface area contributed by atoms with Crippen LogP contribution in [0.3, 0.4) is 0 Å². The van der Waals surface area contributed by atoms with E-state index in [1.165, 1.54) is 83.5 Å². The van der Waals surface area contributed by atoms with E-state index in [9.17, 15) is 24.2 Å². The van der Waals surface area contributed by atoms with E-state index in [2.05, 4.69) is 54.8 Å². The number of phosphoric ester groups is 1. The van der Waals surface area contributed by atoms with Gasteiger partial charge in [0.05, 0.1) is 19.8 Å². The molecule has 0 aromatic carbocycles. The number of allylic oxidation sites excluding steroid dienone is 6. The fourth-order valence-corrected chi connectivity index (χ4v) is 6.63. The molecule has 0 rings (SSSR count). The average Bonchev–Trinajstić information content (AvgIpc) is 3.17. The first kappa shape index (κ1) is 53.2. The van der Waals surface area contributed by atoms with Gasteiger partial charge in [-0.15, -0.1) is 0 Å². The third kappa shape index (κ3) is 40.2. The van der Waals surface area contributed by atoms with E-state index in [-0.39, 0.29) is 19.4 Å². The Labute approximate surface area is 335 Å². The average molecular weight is 801 g/mol. The normalized spacial score (nSPS) is 14.2. The third-order valence-corrected chi connectivity index (χ3v) is 10.2. The lowest BCUT2D eigenvalue weighted by Crippen LogP contribution is -2.29. The lowest BCUT2D eigenvalue weighted by molar-refractivity contribution is -0.161. The van der Waals surface area contributed by atoms with Crippen molar-refractivity contribution in [1.29, 1.82) is 0 Å². The number of esters is 2. The van der Waals surface area contributed by atoms with Gasteiger partial charge in [0, 0.05) is 12.8 Å². The molecule has 3 N–H and O–H groups in total. The molecule has 0 bridgehead atoms. The highest BCUT2D eigenvalue weighted by Gasteiger charge is 2.27. The highest BCUT2D eigenvalue weighted by Crippen LogP contribution is 2.43. The molecule has 0 spiro atoms. The highest BCUT2D eigenvalue weighted by atomic mass is 31.2. The Kier molecular flexibility index (Phi) is 39.1. The van der Waals surface area contributed by atoms with Gasteiger partial charge in [-0.2, -0.15) is 0 Å². The standard InChI is InChI=1S/C44H81O10P/c1-3-5-7-9-11-13-15-17-19-20-22-23-25-27-29-31-33-35-43(47)51-39-42(40-53-55(49,50)52-38-41(46)37-45)54-44(48)36-34-32-30-28-26-24-21-18-16-14-12-10-8-6-4-2/h12,14,17-19,21,41-42,45-46H,3-11,13,15-16,20,22-40H2,1-2H3,(H,49,50)/b14-12-,19-17-,21-18-. The second kappa shape index (κ2) is 40.4. The third-order valence-electron chi connectivity index (χ3n) is 9.27. The molecule has 0 heterocycles. The van der Waals surface area contributed by atoms with Crippen LogP contribution in [-0.4, -0.2) is 65.7 Å². The van der Waals surface area contributed by atoms with Crippen molar-refractivity contribution in [2.75, 3.05) is 26.4 Å². The predicted octanol–water partition coefficient (Wildman–Crippen LogP) is 11.6. The Hall–Kier alpha value is -1.81. The molecule has 0 amide bonds. The first-order valence-electron chi connectivity index (χ1n) is 21.9. The Morgan fingerprint density at radius 1 is 0.545 bits per heavy atom. The van der Waals surface area contributed by atoms with Crippen molar-refractivity contribution >= 4 is 19.8 Å².